The number of nitrogens with zero attached hydrogens (tertiary/aromatic N) is 2. The van der Waals surface area contributed by atoms with Crippen molar-refractivity contribution in [3.63, 3.8) is 0 Å². The van der Waals surface area contributed by atoms with Gasteiger partial charge in [-0.2, -0.15) is 0 Å². The van der Waals surface area contributed by atoms with E-state index in [0.29, 0.717) is 45.0 Å². The predicted octanol–water partition coefficient (Wildman–Crippen LogP) is 2.70. The molecule has 1 aromatic rings. The summed E-state index contributed by atoms with van der Waals surface area (Å²) in [6.07, 6.45) is 0.448. The second-order valence-electron chi connectivity index (χ2n) is 5.75. The molecule has 0 atom stereocenters. The lowest BCUT2D eigenvalue weighted by Crippen LogP contribution is -2.37. The molecule has 1 aliphatic heterocycles. The van der Waals surface area contributed by atoms with Crippen molar-refractivity contribution in [3.05, 3.63) is 29.3 Å². The standard InChI is InChI=1S/C18H26N2O4/c1-4-23-16-8-7-15(13-14(16)3)17(21)19-9-6-10-20(12-11-19)18(22)24-5-2/h7-8,13H,4-6,9-12H2,1-3H3. The summed E-state index contributed by atoms with van der Waals surface area (Å²) < 4.78 is 10.6. The number of rotatable bonds is 4. The van der Waals surface area contributed by atoms with Crippen LogP contribution < -0.4 is 4.74 Å². The Morgan fingerprint density at radius 3 is 2.42 bits per heavy atom. The number of aryl methyl sites for hydroxylation is 1. The van der Waals surface area contributed by atoms with Gasteiger partial charge in [0.2, 0.25) is 0 Å². The van der Waals surface area contributed by atoms with E-state index in [9.17, 15) is 9.59 Å². The summed E-state index contributed by atoms with van der Waals surface area (Å²) >= 11 is 0. The Kier molecular flexibility index (Phi) is 6.46. The van der Waals surface area contributed by atoms with E-state index in [1.807, 2.05) is 26.0 Å². The van der Waals surface area contributed by atoms with Gasteiger partial charge in [0.05, 0.1) is 13.2 Å². The second-order valence-corrected chi connectivity index (χ2v) is 5.75. The van der Waals surface area contributed by atoms with Gasteiger partial charge in [0.15, 0.2) is 0 Å². The third-order valence-corrected chi connectivity index (χ3v) is 4.03. The lowest BCUT2D eigenvalue weighted by atomic mass is 10.1. The van der Waals surface area contributed by atoms with Crippen molar-refractivity contribution in [2.45, 2.75) is 27.2 Å². The third-order valence-electron chi connectivity index (χ3n) is 4.03. The molecule has 1 heterocycles. The molecule has 132 valence electrons. The zero-order valence-electron chi connectivity index (χ0n) is 14.7. The highest BCUT2D eigenvalue weighted by atomic mass is 16.6. The minimum atomic E-state index is -0.302. The number of carbonyl (C=O) groups is 2. The van der Waals surface area contributed by atoms with E-state index < -0.39 is 0 Å². The van der Waals surface area contributed by atoms with Gasteiger partial charge < -0.3 is 19.3 Å². The van der Waals surface area contributed by atoms with Gasteiger partial charge in [0.25, 0.3) is 5.91 Å². The van der Waals surface area contributed by atoms with E-state index in [0.717, 1.165) is 17.7 Å². The first-order valence-corrected chi connectivity index (χ1v) is 8.51. The largest absolute Gasteiger partial charge is 0.494 e. The molecule has 0 spiro atoms. The van der Waals surface area contributed by atoms with Crippen LogP contribution in [0.1, 0.15) is 36.2 Å². The van der Waals surface area contributed by atoms with Gasteiger partial charge in [-0.1, -0.05) is 0 Å². The lowest BCUT2D eigenvalue weighted by Gasteiger charge is -2.22. The van der Waals surface area contributed by atoms with E-state index in [2.05, 4.69) is 0 Å². The highest BCUT2D eigenvalue weighted by Crippen LogP contribution is 2.20. The van der Waals surface area contributed by atoms with E-state index >= 15 is 0 Å². The Hall–Kier alpha value is -2.24. The number of hydrogen-bond donors (Lipinski definition) is 0. The van der Waals surface area contributed by atoms with Crippen molar-refractivity contribution in [2.75, 3.05) is 39.4 Å². The molecule has 0 radical (unpaired) electrons. The number of carbonyl (C=O) groups excluding carboxylic acids is 2. The minimum Gasteiger partial charge on any atom is -0.494 e. The third kappa shape index (κ3) is 4.40. The van der Waals surface area contributed by atoms with Gasteiger partial charge in [-0.3, -0.25) is 4.79 Å². The molecule has 0 aromatic heterocycles. The summed E-state index contributed by atoms with van der Waals surface area (Å²) in [5, 5.41) is 0. The molecule has 6 nitrogen and oxygen atoms in total. The van der Waals surface area contributed by atoms with Gasteiger partial charge in [-0.25, -0.2) is 4.79 Å². The maximum Gasteiger partial charge on any atom is 0.409 e. The van der Waals surface area contributed by atoms with Crippen LogP contribution >= 0.6 is 0 Å². The quantitative estimate of drug-likeness (QED) is 0.849. The molecule has 0 aliphatic carbocycles. The molecule has 6 heteroatoms. The number of ether oxygens (including phenoxy) is 2. The van der Waals surface area contributed by atoms with E-state index in [1.165, 1.54) is 0 Å². The number of amides is 2. The van der Waals surface area contributed by atoms with Crippen LogP contribution in [0.2, 0.25) is 0 Å². The minimum absolute atomic E-state index is 0.00754. The molecular weight excluding hydrogens is 308 g/mol. The van der Waals surface area contributed by atoms with Gasteiger partial charge >= 0.3 is 6.09 Å². The molecule has 1 aliphatic rings. The fourth-order valence-corrected chi connectivity index (χ4v) is 2.80. The molecule has 0 saturated carbocycles. The van der Waals surface area contributed by atoms with Crippen molar-refractivity contribution in [1.29, 1.82) is 0 Å². The lowest BCUT2D eigenvalue weighted by molar-refractivity contribution is 0.0753. The average Bonchev–Trinajstić information content (AvgIpc) is 2.82. The SMILES string of the molecule is CCOC(=O)N1CCCN(C(=O)c2ccc(OCC)c(C)c2)CC1. The molecule has 0 N–H and O–H groups in total. The van der Waals surface area contributed by atoms with Crippen LogP contribution in [0.5, 0.6) is 5.75 Å². The fourth-order valence-electron chi connectivity index (χ4n) is 2.80. The first kappa shape index (κ1) is 18.1. The Labute approximate surface area is 143 Å². The highest BCUT2D eigenvalue weighted by molar-refractivity contribution is 5.94. The Balaban J connectivity index is 2.02. The highest BCUT2D eigenvalue weighted by Gasteiger charge is 2.23. The van der Waals surface area contributed by atoms with Crippen molar-refractivity contribution >= 4 is 12.0 Å². The predicted molar refractivity (Wildman–Crippen MR) is 91.5 cm³/mol. The van der Waals surface area contributed by atoms with Gasteiger partial charge in [0.1, 0.15) is 5.75 Å². The van der Waals surface area contributed by atoms with Crippen LogP contribution in [0.3, 0.4) is 0 Å². The summed E-state index contributed by atoms with van der Waals surface area (Å²) in [4.78, 5) is 28.0. The van der Waals surface area contributed by atoms with Crippen LogP contribution in [0.4, 0.5) is 4.79 Å². The van der Waals surface area contributed by atoms with E-state index in [4.69, 9.17) is 9.47 Å². The first-order valence-electron chi connectivity index (χ1n) is 8.51. The van der Waals surface area contributed by atoms with Gasteiger partial charge in [0, 0.05) is 31.7 Å². The molecule has 1 saturated heterocycles. The van der Waals surface area contributed by atoms with Crippen LogP contribution in [-0.4, -0.2) is 61.2 Å². The smallest absolute Gasteiger partial charge is 0.409 e. The van der Waals surface area contributed by atoms with Crippen LogP contribution in [0.15, 0.2) is 18.2 Å². The molecular formula is C18H26N2O4. The summed E-state index contributed by atoms with van der Waals surface area (Å²) in [6, 6.07) is 5.50. The van der Waals surface area contributed by atoms with Crippen molar-refractivity contribution in [1.82, 2.24) is 9.80 Å². The van der Waals surface area contributed by atoms with E-state index in [1.54, 1.807) is 22.8 Å². The molecule has 0 unspecified atom stereocenters. The Morgan fingerprint density at radius 1 is 1.04 bits per heavy atom. The normalized spacial score (nSPS) is 15.0. The summed E-state index contributed by atoms with van der Waals surface area (Å²) in [7, 11) is 0. The molecule has 1 aromatic carbocycles. The zero-order valence-corrected chi connectivity index (χ0v) is 14.7. The van der Waals surface area contributed by atoms with Crippen LogP contribution in [-0.2, 0) is 4.74 Å². The topological polar surface area (TPSA) is 59.1 Å². The van der Waals surface area contributed by atoms with Gasteiger partial charge in [-0.15, -0.1) is 0 Å². The van der Waals surface area contributed by atoms with Crippen LogP contribution in [0.25, 0.3) is 0 Å². The second kappa shape index (κ2) is 8.57. The Morgan fingerprint density at radius 2 is 1.75 bits per heavy atom. The maximum absolute atomic E-state index is 12.7. The zero-order chi connectivity index (χ0) is 17.5. The Bertz CT molecular complexity index is 588. The molecule has 1 fully saturated rings. The van der Waals surface area contributed by atoms with E-state index in [-0.39, 0.29) is 12.0 Å². The molecule has 2 rings (SSSR count). The number of hydrogen-bond acceptors (Lipinski definition) is 4. The monoisotopic (exact) mass is 334 g/mol. The van der Waals surface area contributed by atoms with Crippen molar-refractivity contribution in [2.24, 2.45) is 0 Å². The molecule has 0 bridgehead atoms. The first-order chi connectivity index (χ1) is 11.6. The summed E-state index contributed by atoms with van der Waals surface area (Å²) in [5.41, 5.74) is 1.60. The molecule has 2 amide bonds. The fraction of sp³-hybridized carbons (Fsp3) is 0.556. The molecule has 24 heavy (non-hydrogen) atoms. The van der Waals surface area contributed by atoms with Crippen molar-refractivity contribution in [3.8, 4) is 5.75 Å². The summed E-state index contributed by atoms with van der Waals surface area (Å²) in [5.74, 6) is 0.797. The summed E-state index contributed by atoms with van der Waals surface area (Å²) in [6.45, 7) is 8.90. The van der Waals surface area contributed by atoms with Crippen LogP contribution in [0, 0.1) is 6.92 Å². The average molecular weight is 334 g/mol. The van der Waals surface area contributed by atoms with Crippen molar-refractivity contribution < 1.29 is 19.1 Å². The maximum atomic E-state index is 12.7. The number of benzene rings is 1. The van der Waals surface area contributed by atoms with Gasteiger partial charge in [-0.05, 0) is 51.0 Å².